The predicted molar refractivity (Wildman–Crippen MR) is 104 cm³/mol. The number of H-pyrrole nitrogens is 1. The Balaban J connectivity index is 1.54. The molecule has 1 aromatic carbocycles. The first-order chi connectivity index (χ1) is 12.9. The van der Waals surface area contributed by atoms with E-state index in [2.05, 4.69) is 15.3 Å². The number of aromatic nitrogens is 2. The van der Waals surface area contributed by atoms with Gasteiger partial charge in [0.05, 0.1) is 16.7 Å². The van der Waals surface area contributed by atoms with Gasteiger partial charge >= 0.3 is 6.09 Å². The Labute approximate surface area is 160 Å². The monoisotopic (exact) mass is 390 g/mol. The number of aromatic amines is 1. The molecule has 0 bridgehead atoms. The number of rotatable bonds is 5. The van der Waals surface area contributed by atoms with Gasteiger partial charge in [-0.05, 0) is 31.4 Å². The molecule has 0 unspecified atom stereocenters. The second kappa shape index (κ2) is 8.43. The highest BCUT2D eigenvalue weighted by Gasteiger charge is 2.23. The summed E-state index contributed by atoms with van der Waals surface area (Å²) in [6.07, 6.45) is 0.474. The third-order valence-electron chi connectivity index (χ3n) is 4.63. The molecule has 1 saturated heterocycles. The minimum atomic E-state index is -1.19. The van der Waals surface area contributed by atoms with Gasteiger partial charge in [0, 0.05) is 18.3 Å². The van der Waals surface area contributed by atoms with Crippen molar-refractivity contribution in [2.24, 2.45) is 0 Å². The van der Waals surface area contributed by atoms with Crippen LogP contribution in [0.3, 0.4) is 0 Å². The quantitative estimate of drug-likeness (QED) is 0.716. The topological polar surface area (TPSA) is 115 Å². The summed E-state index contributed by atoms with van der Waals surface area (Å²) in [7, 11) is 0. The number of carbonyl (C=O) groups is 2. The predicted octanol–water partition coefficient (Wildman–Crippen LogP) is 1.72. The molecule has 0 spiro atoms. The van der Waals surface area contributed by atoms with Gasteiger partial charge in [-0.15, -0.1) is 0 Å². The smallest absolute Gasteiger partial charge is 0.405 e. The zero-order valence-electron chi connectivity index (χ0n) is 15.0. The van der Waals surface area contributed by atoms with Crippen molar-refractivity contribution in [2.75, 3.05) is 19.6 Å². The van der Waals surface area contributed by atoms with Gasteiger partial charge in [-0.1, -0.05) is 12.1 Å². The molecule has 1 aliphatic heterocycles. The first kappa shape index (κ1) is 19.2. The van der Waals surface area contributed by atoms with E-state index < -0.39 is 6.09 Å². The van der Waals surface area contributed by atoms with E-state index >= 15 is 0 Å². The number of nitrogens with zero attached hydrogens (tertiary/aromatic N) is 2. The van der Waals surface area contributed by atoms with Crippen molar-refractivity contribution in [3.63, 3.8) is 0 Å². The summed E-state index contributed by atoms with van der Waals surface area (Å²) in [6, 6.07) is 5.57. The minimum absolute atomic E-state index is 0.120. The van der Waals surface area contributed by atoms with Crippen molar-refractivity contribution in [3.8, 4) is 0 Å². The van der Waals surface area contributed by atoms with Crippen LogP contribution in [0, 0.1) is 6.92 Å². The molecule has 1 fully saturated rings. The lowest BCUT2D eigenvalue weighted by Crippen LogP contribution is -2.44. The molecule has 2 amide bonds. The van der Waals surface area contributed by atoms with Crippen molar-refractivity contribution >= 4 is 34.7 Å². The Morgan fingerprint density at radius 3 is 2.81 bits per heavy atom. The molecule has 27 heavy (non-hydrogen) atoms. The van der Waals surface area contributed by atoms with Gasteiger partial charge in [-0.3, -0.25) is 9.59 Å². The summed E-state index contributed by atoms with van der Waals surface area (Å²) in [5, 5.41) is 11.6. The van der Waals surface area contributed by atoms with E-state index in [1.54, 1.807) is 22.7 Å². The number of hydrogen-bond donors (Lipinski definition) is 3. The van der Waals surface area contributed by atoms with Crippen LogP contribution in [-0.4, -0.2) is 56.9 Å². The first-order valence-corrected chi connectivity index (χ1v) is 9.83. The fourth-order valence-corrected chi connectivity index (χ4v) is 4.23. The highest BCUT2D eigenvalue weighted by molar-refractivity contribution is 7.99. The molecule has 0 radical (unpaired) electrons. The maximum Gasteiger partial charge on any atom is 0.405 e. The molecule has 1 aliphatic rings. The van der Waals surface area contributed by atoms with Crippen molar-refractivity contribution in [2.45, 2.75) is 30.8 Å². The van der Waals surface area contributed by atoms with Gasteiger partial charge in [0.1, 0.15) is 12.4 Å². The van der Waals surface area contributed by atoms with Crippen LogP contribution in [0.2, 0.25) is 0 Å². The van der Waals surface area contributed by atoms with Crippen LogP contribution >= 0.6 is 11.8 Å². The molecular formula is C18H22N4O4S. The van der Waals surface area contributed by atoms with E-state index in [0.717, 1.165) is 23.9 Å². The van der Waals surface area contributed by atoms with Crippen LogP contribution in [0.15, 0.2) is 23.0 Å². The molecule has 3 N–H and O–H groups in total. The van der Waals surface area contributed by atoms with E-state index in [1.165, 1.54) is 0 Å². The Kier molecular flexibility index (Phi) is 6.00. The van der Waals surface area contributed by atoms with Crippen molar-refractivity contribution in [1.29, 1.82) is 0 Å². The second-order valence-electron chi connectivity index (χ2n) is 6.53. The van der Waals surface area contributed by atoms with Crippen LogP contribution in [0.25, 0.3) is 10.9 Å². The molecule has 144 valence electrons. The lowest BCUT2D eigenvalue weighted by molar-refractivity contribution is -0.130. The SMILES string of the molecule is Cc1cccc2c(=O)[nH]c(CSC3CCN(C(=O)CNC(=O)O)CC3)nc12. The number of carbonyl (C=O) groups excluding carboxylic acids is 1. The second-order valence-corrected chi connectivity index (χ2v) is 7.82. The zero-order chi connectivity index (χ0) is 19.4. The number of aryl methyl sites for hydroxylation is 1. The molecule has 0 aliphatic carbocycles. The van der Waals surface area contributed by atoms with Crippen LogP contribution < -0.4 is 10.9 Å². The third kappa shape index (κ3) is 4.79. The van der Waals surface area contributed by atoms with Gasteiger partial charge in [0.25, 0.3) is 5.56 Å². The minimum Gasteiger partial charge on any atom is -0.465 e. The Hall–Kier alpha value is -2.55. The zero-order valence-corrected chi connectivity index (χ0v) is 15.8. The average Bonchev–Trinajstić information content (AvgIpc) is 2.66. The number of likely N-dealkylation sites (tertiary alicyclic amines) is 1. The lowest BCUT2D eigenvalue weighted by atomic mass is 10.1. The average molecular weight is 390 g/mol. The highest BCUT2D eigenvalue weighted by atomic mass is 32.2. The number of nitrogens with one attached hydrogen (secondary N) is 2. The van der Waals surface area contributed by atoms with E-state index in [1.807, 2.05) is 19.1 Å². The Bertz CT molecular complexity index is 906. The summed E-state index contributed by atoms with van der Waals surface area (Å²) >= 11 is 1.73. The van der Waals surface area contributed by atoms with Crippen molar-refractivity contribution in [3.05, 3.63) is 39.9 Å². The number of benzene rings is 1. The van der Waals surface area contributed by atoms with Crippen molar-refractivity contribution in [1.82, 2.24) is 20.2 Å². The largest absolute Gasteiger partial charge is 0.465 e. The van der Waals surface area contributed by atoms with E-state index in [-0.39, 0.29) is 18.0 Å². The Morgan fingerprint density at radius 2 is 2.11 bits per heavy atom. The van der Waals surface area contributed by atoms with Gasteiger partial charge in [0.2, 0.25) is 5.91 Å². The maximum absolute atomic E-state index is 12.2. The van der Waals surface area contributed by atoms with E-state index in [0.29, 0.717) is 35.3 Å². The molecule has 2 heterocycles. The number of piperidine rings is 1. The fraction of sp³-hybridized carbons (Fsp3) is 0.444. The van der Waals surface area contributed by atoms with E-state index in [4.69, 9.17) is 5.11 Å². The van der Waals surface area contributed by atoms with E-state index in [9.17, 15) is 14.4 Å². The standard InChI is InChI=1S/C18H22N4O4S/c1-11-3-2-4-13-16(11)20-14(21-17(13)24)10-27-12-5-7-22(8-6-12)15(23)9-19-18(25)26/h2-4,12,19H,5-10H2,1H3,(H,25,26)(H,20,21,24). The summed E-state index contributed by atoms with van der Waals surface area (Å²) in [4.78, 5) is 43.8. The fourth-order valence-electron chi connectivity index (χ4n) is 3.15. The van der Waals surface area contributed by atoms with Gasteiger partial charge < -0.3 is 20.3 Å². The van der Waals surface area contributed by atoms with Crippen LogP contribution in [0.4, 0.5) is 4.79 Å². The molecule has 8 nitrogen and oxygen atoms in total. The number of hydrogen-bond acceptors (Lipinski definition) is 5. The van der Waals surface area contributed by atoms with Crippen molar-refractivity contribution < 1.29 is 14.7 Å². The number of fused-ring (bicyclic) bond motifs is 1. The summed E-state index contributed by atoms with van der Waals surface area (Å²) in [5.41, 5.74) is 1.60. The van der Waals surface area contributed by atoms with Crippen LogP contribution in [-0.2, 0) is 10.5 Å². The van der Waals surface area contributed by atoms with Crippen LogP contribution in [0.5, 0.6) is 0 Å². The summed E-state index contributed by atoms with van der Waals surface area (Å²) in [6.45, 7) is 2.98. The Morgan fingerprint density at radius 1 is 1.37 bits per heavy atom. The number of thioether (sulfide) groups is 1. The van der Waals surface area contributed by atoms with Crippen LogP contribution in [0.1, 0.15) is 24.2 Å². The summed E-state index contributed by atoms with van der Waals surface area (Å²) < 4.78 is 0. The maximum atomic E-state index is 12.2. The third-order valence-corrected chi connectivity index (χ3v) is 6.01. The number of carboxylic acid groups (broad SMARTS) is 1. The van der Waals surface area contributed by atoms with Gasteiger partial charge in [-0.2, -0.15) is 11.8 Å². The van der Waals surface area contributed by atoms with Gasteiger partial charge in [0.15, 0.2) is 0 Å². The first-order valence-electron chi connectivity index (χ1n) is 8.78. The molecule has 0 atom stereocenters. The molecule has 3 rings (SSSR count). The summed E-state index contributed by atoms with van der Waals surface area (Å²) in [5.74, 6) is 1.08. The molecule has 9 heteroatoms. The molecule has 0 saturated carbocycles. The normalized spacial score (nSPS) is 15.1. The highest BCUT2D eigenvalue weighted by Crippen LogP contribution is 2.26. The van der Waals surface area contributed by atoms with Gasteiger partial charge in [-0.25, -0.2) is 9.78 Å². The number of amides is 2. The molecule has 1 aromatic heterocycles. The lowest BCUT2D eigenvalue weighted by Gasteiger charge is -2.31. The number of para-hydroxylation sites is 1. The molecular weight excluding hydrogens is 368 g/mol. The molecule has 2 aromatic rings.